The molecule has 0 bridgehead atoms. The van der Waals surface area contributed by atoms with E-state index in [1.165, 1.54) is 32.2 Å². The maximum Gasteiger partial charge on any atom is 2.00 e. The van der Waals surface area contributed by atoms with Gasteiger partial charge in [0.15, 0.2) is 0 Å². The van der Waals surface area contributed by atoms with Gasteiger partial charge in [-0.25, -0.2) is 0 Å². The van der Waals surface area contributed by atoms with Gasteiger partial charge in [-0.2, -0.15) is 0 Å². The Hall–Kier alpha value is 0.362. The van der Waals surface area contributed by atoms with E-state index in [2.05, 4.69) is 24.3 Å². The van der Waals surface area contributed by atoms with Crippen molar-refractivity contribution in [1.82, 2.24) is 0 Å². The molecule has 0 heterocycles. The zero-order valence-corrected chi connectivity index (χ0v) is 26.8. The van der Waals surface area contributed by atoms with Gasteiger partial charge in [0.2, 0.25) is 0 Å². The molecule has 0 fully saturated rings. The molecule has 1 atom stereocenters. The minimum atomic E-state index is -4.07. The van der Waals surface area contributed by atoms with E-state index >= 15 is 0 Å². The van der Waals surface area contributed by atoms with E-state index in [0.29, 0.717) is 0 Å². The third-order valence-electron chi connectivity index (χ3n) is 3.02. The van der Waals surface area contributed by atoms with Crippen molar-refractivity contribution in [3.63, 3.8) is 0 Å². The van der Waals surface area contributed by atoms with Crippen LogP contribution in [0.4, 0.5) is 0 Å². The fraction of sp³-hybridized carbons (Fsp3) is 0.739. The molecule has 1 aliphatic carbocycles. The Labute approximate surface area is 215 Å². The second-order valence-electron chi connectivity index (χ2n) is 10.3. The van der Waals surface area contributed by atoms with Gasteiger partial charge >= 0.3 is 38.9 Å². The Morgan fingerprint density at radius 3 is 1.06 bits per heavy atom. The third kappa shape index (κ3) is 25.0. The van der Waals surface area contributed by atoms with E-state index in [4.69, 9.17) is 17.4 Å². The Morgan fingerprint density at radius 2 is 0.844 bits per heavy atom. The molecule has 0 amide bonds. The monoisotopic (exact) mass is 673 g/mol. The van der Waals surface area contributed by atoms with Crippen molar-refractivity contribution in [2.75, 3.05) is 0 Å². The standard InChI is InChI=1S/C13H32O6Si2.C8H12.2CH3.Pt/c1-11(2,3)16-20(10,14)19-21(15,17-12(4,5)6)18-13(7,8)9;1-2-4-6-8-7-5-3-1;;;/h14-15H,1-10H3;1-2,7-8H,3-6H2;2*1H3;/q;;2*-1;+2/b;2-1-,8-7?;;;. The van der Waals surface area contributed by atoms with Crippen molar-refractivity contribution in [2.24, 2.45) is 0 Å². The Balaban J connectivity index is -0.000000301. The molecule has 1 unspecified atom stereocenters. The number of allylic oxidation sites excluding steroid dienone is 4. The van der Waals surface area contributed by atoms with Gasteiger partial charge in [-0.05, 0) is 88.0 Å². The minimum absolute atomic E-state index is 0. The van der Waals surface area contributed by atoms with E-state index in [-0.39, 0.29) is 35.9 Å². The van der Waals surface area contributed by atoms with Crippen molar-refractivity contribution < 1.29 is 48.0 Å². The maximum atomic E-state index is 10.7. The second-order valence-corrected chi connectivity index (χ2v) is 14.5. The van der Waals surface area contributed by atoms with E-state index < -0.39 is 34.7 Å². The summed E-state index contributed by atoms with van der Waals surface area (Å²) in [6.07, 6.45) is 14.0. The van der Waals surface area contributed by atoms with Crippen LogP contribution >= 0.6 is 0 Å². The first kappa shape index (κ1) is 39.6. The van der Waals surface area contributed by atoms with Crippen LogP contribution in [0.3, 0.4) is 0 Å². The van der Waals surface area contributed by atoms with Gasteiger partial charge < -0.3 is 41.8 Å². The summed E-state index contributed by atoms with van der Waals surface area (Å²) in [5.74, 6) is 0. The third-order valence-corrected chi connectivity index (χ3v) is 8.30. The SMILES string of the molecule is C1=CCC/C=C\CC1.CC(C)(C)O[Si](C)(O)O[Si](O)(OC(C)(C)C)OC(C)(C)C.[CH3-].[CH3-].[Pt+2]. The van der Waals surface area contributed by atoms with Crippen molar-refractivity contribution in [1.29, 1.82) is 0 Å². The summed E-state index contributed by atoms with van der Waals surface area (Å²) in [7, 11) is -7.68. The first-order valence-electron chi connectivity index (χ1n) is 10.4. The van der Waals surface area contributed by atoms with Gasteiger partial charge in [0.05, 0.1) is 16.8 Å². The van der Waals surface area contributed by atoms with Gasteiger partial charge in [-0.3, -0.25) is 0 Å². The van der Waals surface area contributed by atoms with Crippen molar-refractivity contribution >= 4 is 17.9 Å². The van der Waals surface area contributed by atoms with Crippen molar-refractivity contribution in [2.45, 2.75) is 111 Å². The Bertz CT molecular complexity index is 490. The maximum absolute atomic E-state index is 10.7. The van der Waals surface area contributed by atoms with Crippen LogP contribution < -0.4 is 0 Å². The molecule has 0 saturated carbocycles. The van der Waals surface area contributed by atoms with E-state index in [1.807, 2.05) is 0 Å². The first-order valence-corrected chi connectivity index (χ1v) is 14.3. The average molecular weight is 674 g/mol. The van der Waals surface area contributed by atoms with E-state index in [0.717, 1.165) is 0 Å². The zero-order valence-electron chi connectivity index (χ0n) is 22.5. The second kappa shape index (κ2) is 16.1. The molecule has 9 heteroatoms. The van der Waals surface area contributed by atoms with Crippen LogP contribution in [0.25, 0.3) is 0 Å². The number of hydrogen-bond acceptors (Lipinski definition) is 6. The van der Waals surface area contributed by atoms with Crippen LogP contribution in [0.5, 0.6) is 0 Å². The zero-order chi connectivity index (χ0) is 23.0. The summed E-state index contributed by atoms with van der Waals surface area (Å²) in [5, 5.41) is 0. The van der Waals surface area contributed by atoms with Crippen LogP contribution in [0, 0.1) is 14.9 Å². The molecule has 1 aliphatic rings. The molecule has 32 heavy (non-hydrogen) atoms. The van der Waals surface area contributed by atoms with Crippen molar-refractivity contribution in [3.8, 4) is 0 Å². The molecule has 0 aromatic rings. The molecule has 0 aromatic heterocycles. The summed E-state index contributed by atoms with van der Waals surface area (Å²) in [6.45, 7) is 17.5. The summed E-state index contributed by atoms with van der Waals surface area (Å²) in [4.78, 5) is 21.1. The number of rotatable bonds is 5. The fourth-order valence-electron chi connectivity index (χ4n) is 2.52. The van der Waals surface area contributed by atoms with E-state index in [1.54, 1.807) is 62.3 Å². The topological polar surface area (TPSA) is 77.4 Å². The van der Waals surface area contributed by atoms with Gasteiger partial charge in [-0.1, -0.05) is 24.3 Å². The largest absolute Gasteiger partial charge is 2.00 e. The fourth-order valence-corrected chi connectivity index (χ4v) is 7.66. The van der Waals surface area contributed by atoms with Crippen LogP contribution in [-0.4, -0.2) is 44.2 Å². The summed E-state index contributed by atoms with van der Waals surface area (Å²) in [6, 6.07) is 0. The first-order chi connectivity index (χ1) is 12.8. The molecular weight excluding hydrogens is 623 g/mol. The molecule has 0 spiro atoms. The van der Waals surface area contributed by atoms with Gasteiger partial charge in [-0.15, -0.1) is 0 Å². The molecule has 0 radical (unpaired) electrons. The summed E-state index contributed by atoms with van der Waals surface area (Å²) < 4.78 is 22.2. The predicted octanol–water partition coefficient (Wildman–Crippen LogP) is 6.01. The molecule has 0 aromatic carbocycles. The van der Waals surface area contributed by atoms with Crippen LogP contribution in [0.15, 0.2) is 24.3 Å². The van der Waals surface area contributed by atoms with Gasteiger partial charge in [0.25, 0.3) is 0 Å². The summed E-state index contributed by atoms with van der Waals surface area (Å²) in [5.41, 5.74) is -1.97. The average Bonchev–Trinajstić information content (AvgIpc) is 2.27. The smallest absolute Gasteiger partial charge is 0.390 e. The Kier molecular flexibility index (Phi) is 19.9. The molecule has 6 nitrogen and oxygen atoms in total. The predicted molar refractivity (Wildman–Crippen MR) is 135 cm³/mol. The molecule has 0 saturated heterocycles. The quantitative estimate of drug-likeness (QED) is 0.212. The molecule has 196 valence electrons. The minimum Gasteiger partial charge on any atom is -0.390 e. The van der Waals surface area contributed by atoms with Gasteiger partial charge in [0.1, 0.15) is 0 Å². The molecule has 2 N–H and O–H groups in total. The van der Waals surface area contributed by atoms with Crippen LogP contribution in [-0.2, 0) is 38.5 Å². The van der Waals surface area contributed by atoms with Gasteiger partial charge in [0, 0.05) is 6.55 Å². The molecule has 1 rings (SSSR count). The number of hydrogen-bond donors (Lipinski definition) is 2. The van der Waals surface area contributed by atoms with E-state index in [9.17, 15) is 9.59 Å². The molecular formula is C23H50O6PtSi2. The van der Waals surface area contributed by atoms with Crippen LogP contribution in [0.2, 0.25) is 6.55 Å². The normalized spacial score (nSPS) is 17.6. The molecule has 0 aliphatic heterocycles. The Morgan fingerprint density at radius 1 is 0.594 bits per heavy atom. The van der Waals surface area contributed by atoms with Crippen molar-refractivity contribution in [3.05, 3.63) is 39.2 Å². The summed E-state index contributed by atoms with van der Waals surface area (Å²) >= 11 is 0. The van der Waals surface area contributed by atoms with Crippen LogP contribution in [0.1, 0.15) is 88.0 Å².